The fourth-order valence-corrected chi connectivity index (χ4v) is 3.79. The van der Waals surface area contributed by atoms with Crippen molar-refractivity contribution in [1.82, 2.24) is 14.6 Å². The SMILES string of the molecule is COc1ccc(-c2cc(C(F)(F)F)n3ncc(C(=O)Nc4ccc5c(c4)OCCO5)c3n2)cc1OC. The maximum atomic E-state index is 13.9. The van der Waals surface area contributed by atoms with Crippen LogP contribution in [0, 0.1) is 0 Å². The molecule has 4 aromatic rings. The van der Waals surface area contributed by atoms with E-state index < -0.39 is 17.8 Å². The number of hydrogen-bond donors (Lipinski definition) is 1. The molecule has 1 N–H and O–H groups in total. The number of nitrogens with zero attached hydrogens (tertiary/aromatic N) is 3. The van der Waals surface area contributed by atoms with Gasteiger partial charge < -0.3 is 24.3 Å². The minimum atomic E-state index is -4.76. The molecule has 0 fully saturated rings. The molecule has 186 valence electrons. The van der Waals surface area contributed by atoms with Crippen LogP contribution in [0.15, 0.2) is 48.7 Å². The van der Waals surface area contributed by atoms with Gasteiger partial charge in [-0.25, -0.2) is 9.50 Å². The maximum absolute atomic E-state index is 13.9. The van der Waals surface area contributed by atoms with Gasteiger partial charge in [0.15, 0.2) is 34.3 Å². The highest BCUT2D eigenvalue weighted by Gasteiger charge is 2.36. The number of hydrogen-bond acceptors (Lipinski definition) is 7. The first-order chi connectivity index (χ1) is 17.3. The lowest BCUT2D eigenvalue weighted by molar-refractivity contribution is -0.142. The first-order valence-corrected chi connectivity index (χ1v) is 10.7. The van der Waals surface area contributed by atoms with E-state index in [0.717, 1.165) is 12.3 Å². The predicted octanol–water partition coefficient (Wildman–Crippen LogP) is 4.46. The first kappa shape index (κ1) is 23.3. The zero-order chi connectivity index (χ0) is 25.4. The number of anilines is 1. The molecule has 2 aromatic heterocycles. The van der Waals surface area contributed by atoms with Gasteiger partial charge in [0.1, 0.15) is 18.8 Å². The van der Waals surface area contributed by atoms with Gasteiger partial charge in [0, 0.05) is 17.3 Å². The third kappa shape index (κ3) is 4.21. The highest BCUT2D eigenvalue weighted by Crippen LogP contribution is 2.36. The van der Waals surface area contributed by atoms with Crippen LogP contribution < -0.4 is 24.3 Å². The number of carbonyl (C=O) groups excluding carboxylic acids is 1. The molecule has 2 aromatic carbocycles. The number of nitrogens with one attached hydrogen (secondary N) is 1. The molecule has 3 heterocycles. The Kier molecular flexibility index (Phi) is 5.78. The van der Waals surface area contributed by atoms with E-state index in [0.29, 0.717) is 52.0 Å². The Balaban J connectivity index is 1.57. The number of ether oxygens (including phenoxy) is 4. The molecule has 12 heteroatoms. The minimum Gasteiger partial charge on any atom is -0.493 e. The molecule has 0 saturated heterocycles. The Morgan fingerprint density at radius 2 is 1.75 bits per heavy atom. The summed E-state index contributed by atoms with van der Waals surface area (Å²) >= 11 is 0. The number of fused-ring (bicyclic) bond motifs is 2. The number of aromatic nitrogens is 3. The molecule has 36 heavy (non-hydrogen) atoms. The molecule has 1 aliphatic rings. The Labute approximate surface area is 202 Å². The van der Waals surface area contributed by atoms with E-state index in [9.17, 15) is 18.0 Å². The molecule has 5 rings (SSSR count). The quantitative estimate of drug-likeness (QED) is 0.432. The molecule has 1 aliphatic heterocycles. The summed E-state index contributed by atoms with van der Waals surface area (Å²) in [5.74, 6) is 1.02. The molecule has 0 spiro atoms. The summed E-state index contributed by atoms with van der Waals surface area (Å²) in [6.45, 7) is 0.776. The minimum absolute atomic E-state index is 0.0235. The molecule has 0 saturated carbocycles. The van der Waals surface area contributed by atoms with E-state index in [2.05, 4.69) is 15.4 Å². The Morgan fingerprint density at radius 3 is 2.47 bits per heavy atom. The third-order valence-corrected chi connectivity index (χ3v) is 5.49. The van der Waals surface area contributed by atoms with Crippen molar-refractivity contribution < 1.29 is 36.9 Å². The van der Waals surface area contributed by atoms with Crippen molar-refractivity contribution in [3.05, 3.63) is 59.9 Å². The van der Waals surface area contributed by atoms with Crippen molar-refractivity contribution in [2.45, 2.75) is 6.18 Å². The van der Waals surface area contributed by atoms with Gasteiger partial charge in [0.25, 0.3) is 5.91 Å². The lowest BCUT2D eigenvalue weighted by Gasteiger charge is -2.19. The van der Waals surface area contributed by atoms with Crippen molar-refractivity contribution in [2.75, 3.05) is 32.8 Å². The van der Waals surface area contributed by atoms with Crippen LogP contribution in [-0.4, -0.2) is 47.9 Å². The maximum Gasteiger partial charge on any atom is 0.433 e. The second-order valence-electron chi connectivity index (χ2n) is 7.70. The van der Waals surface area contributed by atoms with Crippen LogP contribution in [0.2, 0.25) is 0 Å². The highest BCUT2D eigenvalue weighted by atomic mass is 19.4. The first-order valence-electron chi connectivity index (χ1n) is 10.7. The van der Waals surface area contributed by atoms with Crippen LogP contribution >= 0.6 is 0 Å². The van der Waals surface area contributed by atoms with E-state index in [1.165, 1.54) is 20.3 Å². The van der Waals surface area contributed by atoms with Crippen LogP contribution in [0.3, 0.4) is 0 Å². The Morgan fingerprint density at radius 1 is 1.00 bits per heavy atom. The molecule has 9 nitrogen and oxygen atoms in total. The molecule has 0 atom stereocenters. The lowest BCUT2D eigenvalue weighted by atomic mass is 10.1. The summed E-state index contributed by atoms with van der Waals surface area (Å²) in [5.41, 5.74) is -0.807. The van der Waals surface area contributed by atoms with E-state index in [-0.39, 0.29) is 16.9 Å². The molecule has 0 radical (unpaired) electrons. The summed E-state index contributed by atoms with van der Waals surface area (Å²) in [6.07, 6.45) is -3.72. The Bertz CT molecular complexity index is 1470. The number of halogens is 3. The zero-order valence-electron chi connectivity index (χ0n) is 19.0. The summed E-state index contributed by atoms with van der Waals surface area (Å²) in [4.78, 5) is 17.4. The fourth-order valence-electron chi connectivity index (χ4n) is 3.79. The molecule has 0 aliphatic carbocycles. The van der Waals surface area contributed by atoms with Crippen molar-refractivity contribution in [2.24, 2.45) is 0 Å². The lowest BCUT2D eigenvalue weighted by Crippen LogP contribution is -2.17. The van der Waals surface area contributed by atoms with E-state index in [1.54, 1.807) is 30.3 Å². The van der Waals surface area contributed by atoms with Crippen LogP contribution in [0.5, 0.6) is 23.0 Å². The second kappa shape index (κ2) is 8.95. The van der Waals surface area contributed by atoms with Crippen LogP contribution in [0.25, 0.3) is 16.9 Å². The molecule has 1 amide bonds. The topological polar surface area (TPSA) is 96.2 Å². The summed E-state index contributed by atoms with van der Waals surface area (Å²) in [6, 6.07) is 10.3. The van der Waals surface area contributed by atoms with Crippen LogP contribution in [-0.2, 0) is 6.18 Å². The standard InChI is InChI=1S/C24H19F3N4O5/c1-33-17-5-3-13(9-19(17)34-2)16-11-21(24(25,26)27)31-22(30-16)15(12-28-31)23(32)29-14-4-6-18-20(10-14)36-8-7-35-18/h3-6,9-12H,7-8H2,1-2H3,(H,29,32). The van der Waals surface area contributed by atoms with Gasteiger partial charge in [-0.2, -0.15) is 18.3 Å². The predicted molar refractivity (Wildman–Crippen MR) is 122 cm³/mol. The van der Waals surface area contributed by atoms with Crippen molar-refractivity contribution >= 4 is 17.2 Å². The summed E-state index contributed by atoms with van der Waals surface area (Å²) < 4.78 is 63.8. The number of rotatable bonds is 5. The van der Waals surface area contributed by atoms with Gasteiger partial charge in [-0.1, -0.05) is 0 Å². The van der Waals surface area contributed by atoms with Crippen molar-refractivity contribution in [3.63, 3.8) is 0 Å². The molecular formula is C24H19F3N4O5. The van der Waals surface area contributed by atoms with Crippen LogP contribution in [0.4, 0.5) is 18.9 Å². The average Bonchev–Trinajstić information content (AvgIpc) is 3.31. The monoisotopic (exact) mass is 500 g/mol. The van der Waals surface area contributed by atoms with Gasteiger partial charge in [-0.15, -0.1) is 0 Å². The normalized spacial score (nSPS) is 12.9. The van der Waals surface area contributed by atoms with Gasteiger partial charge >= 0.3 is 6.18 Å². The van der Waals surface area contributed by atoms with Crippen LogP contribution in [0.1, 0.15) is 16.1 Å². The third-order valence-electron chi connectivity index (χ3n) is 5.49. The largest absolute Gasteiger partial charge is 0.493 e. The number of amides is 1. The second-order valence-corrected chi connectivity index (χ2v) is 7.70. The summed E-state index contributed by atoms with van der Waals surface area (Å²) in [7, 11) is 2.86. The smallest absolute Gasteiger partial charge is 0.433 e. The number of carbonyl (C=O) groups is 1. The molecular weight excluding hydrogens is 481 g/mol. The van der Waals surface area contributed by atoms with Gasteiger partial charge in [-0.3, -0.25) is 4.79 Å². The number of benzene rings is 2. The van der Waals surface area contributed by atoms with E-state index in [1.807, 2.05) is 0 Å². The molecule has 0 unspecified atom stereocenters. The van der Waals surface area contributed by atoms with Crippen molar-refractivity contribution in [3.8, 4) is 34.3 Å². The van der Waals surface area contributed by atoms with Gasteiger partial charge in [0.05, 0.1) is 26.1 Å². The van der Waals surface area contributed by atoms with Gasteiger partial charge in [-0.05, 0) is 36.4 Å². The van der Waals surface area contributed by atoms with E-state index in [4.69, 9.17) is 18.9 Å². The Hall–Kier alpha value is -4.48. The zero-order valence-corrected chi connectivity index (χ0v) is 19.0. The fraction of sp³-hybridized carbons (Fsp3) is 0.208. The summed E-state index contributed by atoms with van der Waals surface area (Å²) in [5, 5.41) is 6.45. The van der Waals surface area contributed by atoms with Gasteiger partial charge in [0.2, 0.25) is 0 Å². The number of alkyl halides is 3. The molecule has 0 bridgehead atoms. The average molecular weight is 500 g/mol. The highest BCUT2D eigenvalue weighted by molar-refractivity contribution is 6.08. The van der Waals surface area contributed by atoms with E-state index >= 15 is 0 Å². The van der Waals surface area contributed by atoms with Crippen molar-refractivity contribution in [1.29, 1.82) is 0 Å². The number of methoxy groups -OCH3 is 2.